The quantitative estimate of drug-likeness (QED) is 0.599. The van der Waals surface area contributed by atoms with Crippen LogP contribution in [0.15, 0.2) is 12.7 Å². The Hall–Kier alpha value is -0.830. The van der Waals surface area contributed by atoms with Crippen molar-refractivity contribution < 1.29 is 9.53 Å². The van der Waals surface area contributed by atoms with E-state index in [1.165, 1.54) is 6.08 Å². The third-order valence-corrected chi connectivity index (χ3v) is 1.63. The summed E-state index contributed by atoms with van der Waals surface area (Å²) in [7, 11) is 0. The van der Waals surface area contributed by atoms with Crippen LogP contribution in [0.4, 0.5) is 0 Å². The fraction of sp³-hybridized carbons (Fsp3) is 0.625. The lowest BCUT2D eigenvalue weighted by molar-refractivity contribution is -0.116. The number of carbonyl (C=O) groups is 1. The Labute approximate surface area is 66.4 Å². The Morgan fingerprint density at radius 1 is 1.91 bits per heavy atom. The Balaban J connectivity index is 2.13. The largest absolute Gasteiger partial charge is 0.376 e. The molecule has 1 amide bonds. The van der Waals surface area contributed by atoms with Crippen molar-refractivity contribution in [3.8, 4) is 0 Å². The van der Waals surface area contributed by atoms with Crippen molar-refractivity contribution >= 4 is 5.91 Å². The molecule has 0 heterocycles. The molecule has 0 aliphatic heterocycles. The van der Waals surface area contributed by atoms with Crippen LogP contribution in [0.1, 0.15) is 13.3 Å². The molecule has 1 N–H and O–H groups in total. The lowest BCUT2D eigenvalue weighted by Gasteiger charge is -1.99. The zero-order valence-corrected chi connectivity index (χ0v) is 6.67. The van der Waals surface area contributed by atoms with Crippen molar-refractivity contribution in [1.29, 1.82) is 0 Å². The first-order valence-electron chi connectivity index (χ1n) is 3.82. The highest BCUT2D eigenvalue weighted by atomic mass is 16.5. The molecule has 0 spiro atoms. The maximum Gasteiger partial charge on any atom is 0.243 e. The molecule has 2 atom stereocenters. The topological polar surface area (TPSA) is 38.3 Å². The van der Waals surface area contributed by atoms with Crippen molar-refractivity contribution in [3.05, 3.63) is 12.7 Å². The number of ether oxygens (including phenoxy) is 1. The van der Waals surface area contributed by atoms with Gasteiger partial charge in [-0.1, -0.05) is 6.58 Å². The van der Waals surface area contributed by atoms with E-state index in [9.17, 15) is 4.79 Å². The van der Waals surface area contributed by atoms with Gasteiger partial charge in [-0.25, -0.2) is 0 Å². The van der Waals surface area contributed by atoms with Gasteiger partial charge in [0.2, 0.25) is 5.91 Å². The number of nitrogens with one attached hydrogen (secondary N) is 1. The minimum absolute atomic E-state index is 0.114. The van der Waals surface area contributed by atoms with E-state index in [-0.39, 0.29) is 18.1 Å². The first-order chi connectivity index (χ1) is 5.27. The van der Waals surface area contributed by atoms with Crippen molar-refractivity contribution in [2.24, 2.45) is 0 Å². The van der Waals surface area contributed by atoms with E-state index < -0.39 is 0 Å². The molecule has 62 valence electrons. The monoisotopic (exact) mass is 155 g/mol. The summed E-state index contributed by atoms with van der Waals surface area (Å²) in [6.45, 7) is 6.02. The average Bonchev–Trinajstić information content (AvgIpc) is 2.69. The predicted molar refractivity (Wildman–Crippen MR) is 42.2 cm³/mol. The highest BCUT2D eigenvalue weighted by Gasteiger charge is 2.38. The van der Waals surface area contributed by atoms with Crippen LogP contribution in [-0.4, -0.2) is 24.7 Å². The van der Waals surface area contributed by atoms with Crippen LogP contribution in [0.3, 0.4) is 0 Å². The molecule has 1 rings (SSSR count). The van der Waals surface area contributed by atoms with Crippen LogP contribution in [0.25, 0.3) is 0 Å². The van der Waals surface area contributed by atoms with E-state index in [0.29, 0.717) is 6.61 Å². The zero-order chi connectivity index (χ0) is 8.27. The number of hydrogen-bond donors (Lipinski definition) is 1. The lowest BCUT2D eigenvalue weighted by atomic mass is 10.5. The van der Waals surface area contributed by atoms with Crippen LogP contribution >= 0.6 is 0 Å². The molecule has 3 nitrogen and oxygen atoms in total. The molecule has 2 unspecified atom stereocenters. The molecule has 1 saturated carbocycles. The molecule has 1 fully saturated rings. The second kappa shape index (κ2) is 3.53. The molecule has 0 saturated heterocycles. The highest BCUT2D eigenvalue weighted by molar-refractivity contribution is 5.87. The molecule has 0 aromatic heterocycles. The van der Waals surface area contributed by atoms with Crippen molar-refractivity contribution in [2.75, 3.05) is 6.61 Å². The van der Waals surface area contributed by atoms with Gasteiger partial charge in [0, 0.05) is 6.61 Å². The third-order valence-electron chi connectivity index (χ3n) is 1.63. The Bertz CT molecular complexity index is 167. The third kappa shape index (κ3) is 2.35. The zero-order valence-electron chi connectivity index (χ0n) is 6.67. The molecular weight excluding hydrogens is 142 g/mol. The minimum Gasteiger partial charge on any atom is -0.376 e. The van der Waals surface area contributed by atoms with Gasteiger partial charge in [0.05, 0.1) is 12.1 Å². The van der Waals surface area contributed by atoms with Gasteiger partial charge in [-0.15, -0.1) is 0 Å². The molecule has 0 aromatic carbocycles. The molecule has 1 aliphatic rings. The minimum atomic E-state index is -0.114. The predicted octanol–water partition coefficient (Wildman–Crippen LogP) is 0.466. The fourth-order valence-corrected chi connectivity index (χ4v) is 0.964. The van der Waals surface area contributed by atoms with Crippen LogP contribution in [0.5, 0.6) is 0 Å². The SMILES string of the molecule is C=CC(=O)NC1CC1OCC. The average molecular weight is 155 g/mol. The van der Waals surface area contributed by atoms with Gasteiger partial charge < -0.3 is 10.1 Å². The van der Waals surface area contributed by atoms with Gasteiger partial charge in [0.25, 0.3) is 0 Å². The van der Waals surface area contributed by atoms with Crippen LogP contribution < -0.4 is 5.32 Å². The Morgan fingerprint density at radius 3 is 3.18 bits per heavy atom. The van der Waals surface area contributed by atoms with E-state index in [2.05, 4.69) is 11.9 Å². The summed E-state index contributed by atoms with van der Waals surface area (Å²) in [6, 6.07) is 0.223. The molecule has 0 radical (unpaired) electrons. The first kappa shape index (κ1) is 8.27. The van der Waals surface area contributed by atoms with E-state index >= 15 is 0 Å². The van der Waals surface area contributed by atoms with E-state index in [0.717, 1.165) is 6.42 Å². The second-order valence-corrected chi connectivity index (χ2v) is 2.55. The number of carbonyl (C=O) groups excluding carboxylic acids is 1. The van der Waals surface area contributed by atoms with Crippen molar-refractivity contribution in [2.45, 2.75) is 25.5 Å². The smallest absolute Gasteiger partial charge is 0.243 e. The van der Waals surface area contributed by atoms with E-state index in [4.69, 9.17) is 4.74 Å². The van der Waals surface area contributed by atoms with Crippen LogP contribution in [0, 0.1) is 0 Å². The highest BCUT2D eigenvalue weighted by Crippen LogP contribution is 2.24. The standard InChI is InChI=1S/C8H13NO2/c1-3-8(10)9-6-5-7(6)11-4-2/h3,6-7H,1,4-5H2,2H3,(H,9,10). The van der Waals surface area contributed by atoms with E-state index in [1.807, 2.05) is 6.92 Å². The Kier molecular flexibility index (Phi) is 2.65. The maximum absolute atomic E-state index is 10.7. The van der Waals surface area contributed by atoms with Gasteiger partial charge in [0.15, 0.2) is 0 Å². The number of rotatable bonds is 4. The molecule has 1 aliphatic carbocycles. The van der Waals surface area contributed by atoms with Gasteiger partial charge in [-0.3, -0.25) is 4.79 Å². The molecule has 3 heteroatoms. The van der Waals surface area contributed by atoms with Crippen LogP contribution in [-0.2, 0) is 9.53 Å². The molecule has 11 heavy (non-hydrogen) atoms. The second-order valence-electron chi connectivity index (χ2n) is 2.55. The first-order valence-corrected chi connectivity index (χ1v) is 3.82. The molecule has 0 aromatic rings. The van der Waals surface area contributed by atoms with Gasteiger partial charge >= 0.3 is 0 Å². The van der Waals surface area contributed by atoms with Crippen molar-refractivity contribution in [1.82, 2.24) is 5.32 Å². The van der Waals surface area contributed by atoms with Gasteiger partial charge in [0.1, 0.15) is 0 Å². The summed E-state index contributed by atoms with van der Waals surface area (Å²) in [5, 5.41) is 2.76. The van der Waals surface area contributed by atoms with Crippen LogP contribution in [0.2, 0.25) is 0 Å². The number of hydrogen-bond acceptors (Lipinski definition) is 2. The summed E-state index contributed by atoms with van der Waals surface area (Å²) < 4.78 is 5.26. The summed E-state index contributed by atoms with van der Waals surface area (Å²) in [5.41, 5.74) is 0. The van der Waals surface area contributed by atoms with Gasteiger partial charge in [-0.05, 0) is 19.4 Å². The normalized spacial score (nSPS) is 27.7. The Morgan fingerprint density at radius 2 is 2.64 bits per heavy atom. The summed E-state index contributed by atoms with van der Waals surface area (Å²) in [4.78, 5) is 10.7. The number of amides is 1. The fourth-order valence-electron chi connectivity index (χ4n) is 0.964. The van der Waals surface area contributed by atoms with E-state index in [1.54, 1.807) is 0 Å². The molecular formula is C8H13NO2. The summed E-state index contributed by atoms with van der Waals surface area (Å²) in [5.74, 6) is -0.114. The van der Waals surface area contributed by atoms with Crippen molar-refractivity contribution in [3.63, 3.8) is 0 Å². The molecule has 0 bridgehead atoms. The lowest BCUT2D eigenvalue weighted by Crippen LogP contribution is -2.26. The summed E-state index contributed by atoms with van der Waals surface area (Å²) >= 11 is 0. The maximum atomic E-state index is 10.7. The van der Waals surface area contributed by atoms with Gasteiger partial charge in [-0.2, -0.15) is 0 Å². The summed E-state index contributed by atoms with van der Waals surface area (Å²) in [6.07, 6.45) is 2.46.